The second-order valence-electron chi connectivity index (χ2n) is 7.69. The fraction of sp³-hybridized carbons (Fsp3) is 0.579. The zero-order valence-electron chi connectivity index (χ0n) is 15.5. The molecule has 1 saturated heterocycles. The maximum atomic E-state index is 12.7. The molecule has 3 rings (SSSR count). The summed E-state index contributed by atoms with van der Waals surface area (Å²) < 4.78 is 16.6. The zero-order chi connectivity index (χ0) is 18.7. The van der Waals surface area contributed by atoms with Crippen LogP contribution in [0.5, 0.6) is 11.5 Å². The lowest BCUT2D eigenvalue weighted by molar-refractivity contribution is -0.140. The van der Waals surface area contributed by atoms with E-state index in [0.29, 0.717) is 31.1 Å². The van der Waals surface area contributed by atoms with E-state index >= 15 is 0 Å². The van der Waals surface area contributed by atoms with Gasteiger partial charge in [0.2, 0.25) is 6.10 Å². The minimum Gasteiger partial charge on any atom is -0.485 e. The van der Waals surface area contributed by atoms with Gasteiger partial charge < -0.3 is 24.4 Å². The van der Waals surface area contributed by atoms with Crippen LogP contribution in [0.3, 0.4) is 0 Å². The largest absolute Gasteiger partial charge is 0.485 e. The van der Waals surface area contributed by atoms with E-state index in [1.807, 2.05) is 39.0 Å². The first-order valence-electron chi connectivity index (χ1n) is 8.96. The molecule has 0 unspecified atom stereocenters. The molecule has 2 heterocycles. The van der Waals surface area contributed by atoms with E-state index < -0.39 is 17.8 Å². The number of ether oxygens (including phenoxy) is 3. The minimum absolute atomic E-state index is 0.0701. The number of carbonyl (C=O) groups excluding carboxylic acids is 2. The van der Waals surface area contributed by atoms with Gasteiger partial charge in [0.1, 0.15) is 12.2 Å². The highest BCUT2D eigenvalue weighted by Gasteiger charge is 2.35. The Balaban J connectivity index is 1.47. The number of likely N-dealkylation sites (tertiary alicyclic amines) is 1. The third-order valence-corrected chi connectivity index (χ3v) is 4.32. The fourth-order valence-electron chi connectivity index (χ4n) is 3.09. The first-order chi connectivity index (χ1) is 12.3. The molecule has 7 nitrogen and oxygen atoms in total. The van der Waals surface area contributed by atoms with Gasteiger partial charge in [0.15, 0.2) is 11.5 Å². The third kappa shape index (κ3) is 4.59. The van der Waals surface area contributed by atoms with Crippen molar-refractivity contribution in [1.82, 2.24) is 10.2 Å². The van der Waals surface area contributed by atoms with Crippen LogP contribution in [0.15, 0.2) is 24.3 Å². The third-order valence-electron chi connectivity index (χ3n) is 4.32. The van der Waals surface area contributed by atoms with Gasteiger partial charge in [-0.1, -0.05) is 12.1 Å². The molecule has 0 bridgehead atoms. The highest BCUT2D eigenvalue weighted by molar-refractivity contribution is 5.82. The van der Waals surface area contributed by atoms with Crippen LogP contribution in [-0.4, -0.2) is 54.8 Å². The van der Waals surface area contributed by atoms with Crippen molar-refractivity contribution < 1.29 is 23.8 Å². The number of nitrogens with one attached hydrogen (secondary N) is 1. The van der Waals surface area contributed by atoms with E-state index in [-0.39, 0.29) is 18.4 Å². The SMILES string of the molecule is CC(C)(C)OC(=O)NC[C@H]1CCN(C(=O)[C@@H]2COc3ccccc3O2)C1. The zero-order valence-corrected chi connectivity index (χ0v) is 15.5. The maximum Gasteiger partial charge on any atom is 0.407 e. The highest BCUT2D eigenvalue weighted by Crippen LogP contribution is 2.31. The van der Waals surface area contributed by atoms with E-state index in [1.54, 1.807) is 11.0 Å². The molecule has 0 aromatic heterocycles. The summed E-state index contributed by atoms with van der Waals surface area (Å²) in [4.78, 5) is 26.2. The Morgan fingerprint density at radius 1 is 1.27 bits per heavy atom. The summed E-state index contributed by atoms with van der Waals surface area (Å²) in [6.45, 7) is 7.43. The molecule has 2 aliphatic rings. The van der Waals surface area contributed by atoms with Gasteiger partial charge in [0, 0.05) is 19.6 Å². The fourth-order valence-corrected chi connectivity index (χ4v) is 3.09. The molecule has 2 amide bonds. The Hall–Kier alpha value is -2.44. The summed E-state index contributed by atoms with van der Waals surface area (Å²) in [5, 5.41) is 2.78. The smallest absolute Gasteiger partial charge is 0.407 e. The Morgan fingerprint density at radius 3 is 2.73 bits per heavy atom. The molecule has 26 heavy (non-hydrogen) atoms. The summed E-state index contributed by atoms with van der Waals surface area (Å²) in [5.74, 6) is 1.40. The molecule has 0 aliphatic carbocycles. The van der Waals surface area contributed by atoms with Crippen molar-refractivity contribution in [3.05, 3.63) is 24.3 Å². The van der Waals surface area contributed by atoms with E-state index in [0.717, 1.165) is 6.42 Å². The summed E-state index contributed by atoms with van der Waals surface area (Å²) >= 11 is 0. The lowest BCUT2D eigenvalue weighted by atomic mass is 10.1. The Labute approximate surface area is 153 Å². The van der Waals surface area contributed by atoms with Gasteiger partial charge in [-0.2, -0.15) is 0 Å². The van der Waals surface area contributed by atoms with Crippen LogP contribution in [0.2, 0.25) is 0 Å². The van der Waals surface area contributed by atoms with Crippen LogP contribution >= 0.6 is 0 Å². The number of alkyl carbamates (subject to hydrolysis) is 1. The van der Waals surface area contributed by atoms with Crippen LogP contribution in [0.1, 0.15) is 27.2 Å². The number of hydrogen-bond donors (Lipinski definition) is 1. The number of hydrogen-bond acceptors (Lipinski definition) is 5. The van der Waals surface area contributed by atoms with Crippen molar-refractivity contribution in [1.29, 1.82) is 0 Å². The van der Waals surface area contributed by atoms with Gasteiger partial charge >= 0.3 is 6.09 Å². The molecule has 1 fully saturated rings. The second-order valence-corrected chi connectivity index (χ2v) is 7.69. The van der Waals surface area contributed by atoms with Crippen molar-refractivity contribution in [3.8, 4) is 11.5 Å². The molecule has 2 aliphatic heterocycles. The number of benzene rings is 1. The average Bonchev–Trinajstić information content (AvgIpc) is 3.06. The lowest BCUT2D eigenvalue weighted by Crippen LogP contribution is -2.45. The molecule has 142 valence electrons. The summed E-state index contributed by atoms with van der Waals surface area (Å²) in [6, 6.07) is 7.34. The first kappa shape index (κ1) is 18.4. The molecule has 0 radical (unpaired) electrons. The van der Waals surface area contributed by atoms with Gasteiger partial charge in [-0.3, -0.25) is 4.79 Å². The number of rotatable bonds is 3. The molecule has 1 aromatic carbocycles. The lowest BCUT2D eigenvalue weighted by Gasteiger charge is -2.28. The molecule has 2 atom stereocenters. The monoisotopic (exact) mass is 362 g/mol. The van der Waals surface area contributed by atoms with E-state index in [2.05, 4.69) is 5.32 Å². The summed E-state index contributed by atoms with van der Waals surface area (Å²) in [7, 11) is 0. The van der Waals surface area contributed by atoms with Crippen LogP contribution in [-0.2, 0) is 9.53 Å². The van der Waals surface area contributed by atoms with Crippen molar-refractivity contribution in [3.63, 3.8) is 0 Å². The van der Waals surface area contributed by atoms with E-state index in [1.165, 1.54) is 0 Å². The number of amides is 2. The van der Waals surface area contributed by atoms with Crippen LogP contribution in [0.25, 0.3) is 0 Å². The highest BCUT2D eigenvalue weighted by atomic mass is 16.6. The van der Waals surface area contributed by atoms with Crippen LogP contribution in [0, 0.1) is 5.92 Å². The van der Waals surface area contributed by atoms with Gasteiger partial charge in [-0.15, -0.1) is 0 Å². The number of carbonyl (C=O) groups is 2. The summed E-state index contributed by atoms with van der Waals surface area (Å²) in [6.07, 6.45) is -0.212. The second kappa shape index (κ2) is 7.43. The molecule has 7 heteroatoms. The van der Waals surface area contributed by atoms with Gasteiger partial charge in [-0.05, 0) is 45.2 Å². The Bertz CT molecular complexity index is 670. The van der Waals surface area contributed by atoms with Crippen molar-refractivity contribution in [2.24, 2.45) is 5.92 Å². The standard InChI is InChI=1S/C19H26N2O5/c1-19(2,3)26-18(23)20-10-13-8-9-21(11-13)17(22)16-12-24-14-6-4-5-7-15(14)25-16/h4-7,13,16H,8-12H2,1-3H3,(H,20,23)/t13-,16+/m1/s1. The predicted octanol–water partition coefficient (Wildman–Crippen LogP) is 2.20. The maximum absolute atomic E-state index is 12.7. The molecule has 1 N–H and O–H groups in total. The Morgan fingerprint density at radius 2 is 2.00 bits per heavy atom. The molecular formula is C19H26N2O5. The van der Waals surface area contributed by atoms with Gasteiger partial charge in [0.25, 0.3) is 5.91 Å². The first-order valence-corrected chi connectivity index (χ1v) is 8.96. The van der Waals surface area contributed by atoms with Crippen LogP contribution in [0.4, 0.5) is 4.79 Å². The average molecular weight is 362 g/mol. The van der Waals surface area contributed by atoms with Gasteiger partial charge in [-0.25, -0.2) is 4.79 Å². The number of fused-ring (bicyclic) bond motifs is 1. The number of para-hydroxylation sites is 2. The molecule has 0 spiro atoms. The summed E-state index contributed by atoms with van der Waals surface area (Å²) in [5.41, 5.74) is -0.517. The quantitative estimate of drug-likeness (QED) is 0.892. The molecule has 0 saturated carbocycles. The van der Waals surface area contributed by atoms with E-state index in [9.17, 15) is 9.59 Å². The molecular weight excluding hydrogens is 336 g/mol. The van der Waals surface area contributed by atoms with Gasteiger partial charge in [0.05, 0.1) is 0 Å². The van der Waals surface area contributed by atoms with E-state index in [4.69, 9.17) is 14.2 Å². The van der Waals surface area contributed by atoms with Crippen molar-refractivity contribution in [2.45, 2.75) is 38.9 Å². The van der Waals surface area contributed by atoms with Crippen molar-refractivity contribution >= 4 is 12.0 Å². The minimum atomic E-state index is -0.623. The van der Waals surface area contributed by atoms with Crippen LogP contribution < -0.4 is 14.8 Å². The topological polar surface area (TPSA) is 77.1 Å². The number of nitrogens with zero attached hydrogens (tertiary/aromatic N) is 1. The Kier molecular flexibility index (Phi) is 5.25. The predicted molar refractivity (Wildman–Crippen MR) is 95.3 cm³/mol. The normalized spacial score (nSPS) is 22.0. The molecule has 1 aromatic rings. The van der Waals surface area contributed by atoms with Crippen molar-refractivity contribution in [2.75, 3.05) is 26.2 Å².